The van der Waals surface area contributed by atoms with Crippen molar-refractivity contribution >= 4 is 6.09 Å². The first kappa shape index (κ1) is 14.6. The van der Waals surface area contributed by atoms with E-state index in [0.29, 0.717) is 0 Å². The van der Waals surface area contributed by atoms with Gasteiger partial charge in [-0.05, 0) is 52.9 Å². The second-order valence-corrected chi connectivity index (χ2v) is 7.89. The standard InChI is InChI=1S/C15H27NO3/c1-9-14(13(6,7)18)8-15(9,10(14)2)16-11(17)19-12(3,4)5/h9-10,18H,8H2,1-7H3,(H,16,17)/t9-,10-,14?,15?/m0/s1. The summed E-state index contributed by atoms with van der Waals surface area (Å²) in [5, 5.41) is 13.4. The Morgan fingerprint density at radius 1 is 1.21 bits per heavy atom. The van der Waals surface area contributed by atoms with Crippen molar-refractivity contribution in [1.82, 2.24) is 5.32 Å². The molecule has 110 valence electrons. The molecule has 1 amide bonds. The summed E-state index contributed by atoms with van der Waals surface area (Å²) in [5.41, 5.74) is -1.44. The Balaban J connectivity index is 2.05. The van der Waals surface area contributed by atoms with Crippen molar-refractivity contribution in [2.75, 3.05) is 0 Å². The van der Waals surface area contributed by atoms with E-state index in [4.69, 9.17) is 4.74 Å². The molecule has 0 aromatic carbocycles. The van der Waals surface area contributed by atoms with Crippen molar-refractivity contribution in [3.8, 4) is 0 Å². The summed E-state index contributed by atoms with van der Waals surface area (Å²) in [5.74, 6) is 0.560. The van der Waals surface area contributed by atoms with Gasteiger partial charge in [0.15, 0.2) is 0 Å². The molecule has 0 radical (unpaired) electrons. The third-order valence-corrected chi connectivity index (χ3v) is 5.55. The Morgan fingerprint density at radius 3 is 2.00 bits per heavy atom. The number of hydrogen-bond acceptors (Lipinski definition) is 3. The topological polar surface area (TPSA) is 58.6 Å². The number of amides is 1. The highest BCUT2D eigenvalue weighted by atomic mass is 16.6. The number of aliphatic hydroxyl groups is 1. The van der Waals surface area contributed by atoms with E-state index in [1.165, 1.54) is 0 Å². The zero-order valence-corrected chi connectivity index (χ0v) is 13.1. The molecule has 0 saturated heterocycles. The van der Waals surface area contributed by atoms with Crippen molar-refractivity contribution in [3.63, 3.8) is 0 Å². The maximum atomic E-state index is 11.9. The SMILES string of the molecule is C[C@@H]1C2(NC(=O)OC(C)(C)C)CC1(C(C)(C)O)[C@@H]2C. The van der Waals surface area contributed by atoms with Crippen LogP contribution in [0, 0.1) is 17.3 Å². The fourth-order valence-corrected chi connectivity index (χ4v) is 4.44. The highest BCUT2D eigenvalue weighted by Crippen LogP contribution is 2.78. The van der Waals surface area contributed by atoms with Gasteiger partial charge in [-0.3, -0.25) is 0 Å². The molecule has 4 nitrogen and oxygen atoms in total. The van der Waals surface area contributed by atoms with E-state index in [2.05, 4.69) is 19.2 Å². The molecule has 3 fully saturated rings. The highest BCUT2D eigenvalue weighted by molar-refractivity contribution is 5.70. The Hall–Kier alpha value is -0.770. The molecule has 19 heavy (non-hydrogen) atoms. The Bertz CT molecular complexity index is 393. The molecule has 4 heteroatoms. The van der Waals surface area contributed by atoms with Crippen molar-refractivity contribution in [2.45, 2.75) is 71.6 Å². The minimum absolute atomic E-state index is 0.0674. The molecule has 3 saturated carbocycles. The number of carbonyl (C=O) groups excluding carboxylic acids is 1. The molecule has 2 atom stereocenters. The molecule has 3 aliphatic rings. The fourth-order valence-electron chi connectivity index (χ4n) is 4.44. The van der Waals surface area contributed by atoms with Crippen LogP contribution in [0.25, 0.3) is 0 Å². The van der Waals surface area contributed by atoms with Gasteiger partial charge in [-0.1, -0.05) is 13.8 Å². The number of rotatable bonds is 2. The van der Waals surface area contributed by atoms with E-state index < -0.39 is 11.2 Å². The molecule has 0 aromatic rings. The summed E-state index contributed by atoms with van der Waals surface area (Å²) in [6, 6.07) is 0. The van der Waals surface area contributed by atoms with Gasteiger partial charge in [-0.25, -0.2) is 4.79 Å². The fraction of sp³-hybridized carbons (Fsp3) is 0.933. The third-order valence-electron chi connectivity index (χ3n) is 5.55. The second-order valence-electron chi connectivity index (χ2n) is 7.89. The van der Waals surface area contributed by atoms with Gasteiger partial charge >= 0.3 is 6.09 Å². The van der Waals surface area contributed by atoms with Crippen LogP contribution >= 0.6 is 0 Å². The summed E-state index contributed by atoms with van der Waals surface area (Å²) in [6.07, 6.45) is 0.487. The molecule has 0 spiro atoms. The van der Waals surface area contributed by atoms with Gasteiger partial charge < -0.3 is 15.2 Å². The van der Waals surface area contributed by atoms with Crippen LogP contribution in [-0.2, 0) is 4.74 Å². The largest absolute Gasteiger partial charge is 0.444 e. The first-order chi connectivity index (χ1) is 8.37. The van der Waals surface area contributed by atoms with Gasteiger partial charge in [0.2, 0.25) is 0 Å². The third kappa shape index (κ3) is 1.72. The van der Waals surface area contributed by atoms with Crippen molar-refractivity contribution in [2.24, 2.45) is 17.3 Å². The van der Waals surface area contributed by atoms with Gasteiger partial charge in [0.25, 0.3) is 0 Å². The highest BCUT2D eigenvalue weighted by Gasteiger charge is 2.83. The quantitative estimate of drug-likeness (QED) is 0.810. The number of carbonyl (C=O) groups is 1. The van der Waals surface area contributed by atoms with Gasteiger partial charge in [0, 0.05) is 5.41 Å². The van der Waals surface area contributed by atoms with Gasteiger partial charge in [0.1, 0.15) is 5.60 Å². The molecule has 3 aliphatic carbocycles. The summed E-state index contributed by atoms with van der Waals surface area (Å²) in [6.45, 7) is 13.5. The second kappa shape index (κ2) is 3.66. The first-order valence-electron chi connectivity index (χ1n) is 7.10. The summed E-state index contributed by atoms with van der Waals surface area (Å²) < 4.78 is 5.34. The van der Waals surface area contributed by atoms with Crippen LogP contribution < -0.4 is 5.32 Å². The Morgan fingerprint density at radius 2 is 1.68 bits per heavy atom. The van der Waals surface area contributed by atoms with Gasteiger partial charge in [-0.15, -0.1) is 0 Å². The van der Waals surface area contributed by atoms with Gasteiger partial charge in [0.05, 0.1) is 11.1 Å². The predicted molar refractivity (Wildman–Crippen MR) is 73.8 cm³/mol. The summed E-state index contributed by atoms with van der Waals surface area (Å²) >= 11 is 0. The molecule has 0 unspecified atom stereocenters. The molecular weight excluding hydrogens is 242 g/mol. The Labute approximate surface area is 115 Å². The number of hydrogen-bond donors (Lipinski definition) is 2. The number of nitrogens with one attached hydrogen (secondary N) is 1. The monoisotopic (exact) mass is 269 g/mol. The van der Waals surface area contributed by atoms with Crippen LogP contribution in [0.1, 0.15) is 54.9 Å². The Kier molecular flexibility index (Phi) is 2.82. The smallest absolute Gasteiger partial charge is 0.408 e. The summed E-state index contributed by atoms with van der Waals surface area (Å²) in [7, 11) is 0. The molecule has 0 aromatic heterocycles. The normalized spacial score (nSPS) is 41.1. The lowest BCUT2D eigenvalue weighted by molar-refractivity contribution is -0.345. The lowest BCUT2D eigenvalue weighted by atomic mass is 9.24. The van der Waals surface area contributed by atoms with Crippen LogP contribution in [-0.4, -0.2) is 27.9 Å². The average molecular weight is 269 g/mol. The van der Waals surface area contributed by atoms with Crippen LogP contribution in [0.15, 0.2) is 0 Å². The van der Waals surface area contributed by atoms with E-state index in [1.807, 2.05) is 34.6 Å². The molecule has 0 heterocycles. The lowest BCUT2D eigenvalue weighted by Gasteiger charge is -2.83. The number of ether oxygens (including phenoxy) is 1. The van der Waals surface area contributed by atoms with E-state index in [1.54, 1.807) is 0 Å². The van der Waals surface area contributed by atoms with E-state index in [-0.39, 0.29) is 28.9 Å². The van der Waals surface area contributed by atoms with Gasteiger partial charge in [-0.2, -0.15) is 0 Å². The number of alkyl carbamates (subject to hydrolysis) is 1. The van der Waals surface area contributed by atoms with Crippen LogP contribution in [0.4, 0.5) is 4.79 Å². The predicted octanol–water partition coefficient (Wildman–Crippen LogP) is 2.70. The maximum Gasteiger partial charge on any atom is 0.408 e. The van der Waals surface area contributed by atoms with Crippen molar-refractivity contribution in [3.05, 3.63) is 0 Å². The van der Waals surface area contributed by atoms with E-state index >= 15 is 0 Å². The van der Waals surface area contributed by atoms with Crippen molar-refractivity contribution < 1.29 is 14.6 Å². The first-order valence-corrected chi connectivity index (χ1v) is 7.10. The minimum Gasteiger partial charge on any atom is -0.444 e. The lowest BCUT2D eigenvalue weighted by Crippen LogP contribution is -2.90. The van der Waals surface area contributed by atoms with Crippen LogP contribution in [0.3, 0.4) is 0 Å². The maximum absolute atomic E-state index is 11.9. The van der Waals surface area contributed by atoms with Crippen LogP contribution in [0.5, 0.6) is 0 Å². The molecular formula is C15H27NO3. The van der Waals surface area contributed by atoms with Crippen molar-refractivity contribution in [1.29, 1.82) is 0 Å². The van der Waals surface area contributed by atoms with Crippen LogP contribution in [0.2, 0.25) is 0 Å². The summed E-state index contributed by atoms with van der Waals surface area (Å²) in [4.78, 5) is 11.9. The zero-order chi connectivity index (χ0) is 14.9. The zero-order valence-electron chi connectivity index (χ0n) is 13.1. The molecule has 2 bridgehead atoms. The molecule has 0 aliphatic heterocycles. The molecule has 2 N–H and O–H groups in total. The van der Waals surface area contributed by atoms with E-state index in [0.717, 1.165) is 6.42 Å². The van der Waals surface area contributed by atoms with E-state index in [9.17, 15) is 9.90 Å². The molecule has 3 rings (SSSR count). The average Bonchev–Trinajstić information content (AvgIpc) is 2.18. The minimum atomic E-state index is -0.705.